The molecular weight excluding hydrogens is 458 g/mol. The highest BCUT2D eigenvalue weighted by Crippen LogP contribution is 2.41. The molecule has 2 saturated heterocycles. The van der Waals surface area contributed by atoms with Crippen LogP contribution in [0.25, 0.3) is 16.9 Å². The Balaban J connectivity index is 1.20. The molecule has 2 fully saturated rings. The number of anilines is 4. The summed E-state index contributed by atoms with van der Waals surface area (Å²) in [5.74, 6) is 2.08. The zero-order valence-corrected chi connectivity index (χ0v) is 20.0. The van der Waals surface area contributed by atoms with E-state index in [1.807, 2.05) is 28.9 Å². The number of fused-ring (bicyclic) bond motifs is 2. The van der Waals surface area contributed by atoms with Crippen molar-refractivity contribution in [3.05, 3.63) is 49.1 Å². The second-order valence-electron chi connectivity index (χ2n) is 9.45. The maximum atomic E-state index is 5.89. The van der Waals surface area contributed by atoms with Crippen molar-refractivity contribution in [3.8, 4) is 22.9 Å². The first-order valence-corrected chi connectivity index (χ1v) is 12.2. The normalized spacial score (nSPS) is 20.5. The lowest BCUT2D eigenvalue weighted by atomic mass is 9.94. The Labute approximate surface area is 208 Å². The van der Waals surface area contributed by atoms with E-state index in [0.717, 1.165) is 78.8 Å². The van der Waals surface area contributed by atoms with Crippen molar-refractivity contribution < 1.29 is 14.2 Å². The lowest BCUT2D eigenvalue weighted by molar-refractivity contribution is -0.130. The second kappa shape index (κ2) is 8.27. The molecule has 10 nitrogen and oxygen atoms in total. The standard InChI is InChI=1S/C26H27N7O3/c1-34-22-13-18(2-3-21(22)33-8-4-26(16-33)5-10-36-26)30-23-24-28-6-9-32(24)15-20(31-23)17-12-19-25(29-14-17)35-11-7-27-19/h2-3,6,9,12-15,27H,4-5,7-8,10-11,16H2,1H3,(H,30,31)/t26-/m1/s1. The molecule has 1 atom stereocenters. The van der Waals surface area contributed by atoms with Gasteiger partial charge in [-0.3, -0.25) is 0 Å². The van der Waals surface area contributed by atoms with Crippen LogP contribution in [0.4, 0.5) is 22.9 Å². The number of hydrogen-bond donors (Lipinski definition) is 2. The van der Waals surface area contributed by atoms with E-state index < -0.39 is 0 Å². The summed E-state index contributed by atoms with van der Waals surface area (Å²) >= 11 is 0. The molecule has 36 heavy (non-hydrogen) atoms. The maximum absolute atomic E-state index is 5.89. The van der Waals surface area contributed by atoms with Crippen molar-refractivity contribution in [2.24, 2.45) is 0 Å². The molecule has 3 aromatic heterocycles. The van der Waals surface area contributed by atoms with Gasteiger partial charge in [0.25, 0.3) is 0 Å². The number of benzene rings is 1. The fraction of sp³-hybridized carbons (Fsp3) is 0.346. The first-order chi connectivity index (χ1) is 17.7. The van der Waals surface area contributed by atoms with Gasteiger partial charge in [-0.1, -0.05) is 0 Å². The lowest BCUT2D eigenvalue weighted by Gasteiger charge is -2.38. The molecule has 1 aromatic carbocycles. The van der Waals surface area contributed by atoms with E-state index in [-0.39, 0.29) is 5.60 Å². The summed E-state index contributed by atoms with van der Waals surface area (Å²) < 4.78 is 19.3. The van der Waals surface area contributed by atoms with Gasteiger partial charge in [0.2, 0.25) is 5.88 Å². The molecule has 0 saturated carbocycles. The van der Waals surface area contributed by atoms with Gasteiger partial charge in [0.15, 0.2) is 11.5 Å². The molecule has 1 spiro atoms. The molecule has 3 aliphatic rings. The first kappa shape index (κ1) is 21.3. The van der Waals surface area contributed by atoms with Crippen LogP contribution in [-0.4, -0.2) is 64.9 Å². The molecule has 7 rings (SSSR count). The number of nitrogens with zero attached hydrogens (tertiary/aromatic N) is 5. The minimum Gasteiger partial charge on any atom is -0.495 e. The van der Waals surface area contributed by atoms with Gasteiger partial charge in [-0.15, -0.1) is 0 Å². The zero-order valence-electron chi connectivity index (χ0n) is 20.0. The van der Waals surface area contributed by atoms with Crippen LogP contribution in [0.5, 0.6) is 11.6 Å². The van der Waals surface area contributed by atoms with E-state index in [0.29, 0.717) is 18.3 Å². The van der Waals surface area contributed by atoms with Crippen molar-refractivity contribution in [2.75, 3.05) is 55.5 Å². The van der Waals surface area contributed by atoms with E-state index in [2.05, 4.69) is 37.6 Å². The van der Waals surface area contributed by atoms with Crippen molar-refractivity contribution in [1.82, 2.24) is 19.4 Å². The van der Waals surface area contributed by atoms with Crippen LogP contribution in [0.2, 0.25) is 0 Å². The number of nitrogens with one attached hydrogen (secondary N) is 2. The maximum Gasteiger partial charge on any atom is 0.237 e. The molecular formula is C26H27N7O3. The Bertz CT molecular complexity index is 1450. The topological polar surface area (TPSA) is 98.1 Å². The summed E-state index contributed by atoms with van der Waals surface area (Å²) in [7, 11) is 1.71. The third-order valence-corrected chi connectivity index (χ3v) is 7.24. The lowest BCUT2D eigenvalue weighted by Crippen LogP contribution is -2.45. The van der Waals surface area contributed by atoms with E-state index in [1.165, 1.54) is 0 Å². The van der Waals surface area contributed by atoms with Gasteiger partial charge in [-0.05, 0) is 24.6 Å². The Kier molecular flexibility index (Phi) is 4.88. The highest BCUT2D eigenvalue weighted by molar-refractivity contribution is 5.77. The van der Waals surface area contributed by atoms with E-state index >= 15 is 0 Å². The minimum absolute atomic E-state index is 0.0335. The number of methoxy groups -OCH3 is 1. The fourth-order valence-electron chi connectivity index (χ4n) is 5.24. The molecule has 0 aliphatic carbocycles. The predicted molar refractivity (Wildman–Crippen MR) is 137 cm³/mol. The van der Waals surface area contributed by atoms with E-state index in [1.54, 1.807) is 19.5 Å². The van der Waals surface area contributed by atoms with Crippen LogP contribution in [0.3, 0.4) is 0 Å². The summed E-state index contributed by atoms with van der Waals surface area (Å²) in [4.78, 5) is 16.2. The van der Waals surface area contributed by atoms with Gasteiger partial charge < -0.3 is 34.1 Å². The molecule has 0 amide bonds. The quantitative estimate of drug-likeness (QED) is 0.438. The van der Waals surface area contributed by atoms with Crippen molar-refractivity contribution >= 4 is 28.5 Å². The average molecular weight is 486 g/mol. The summed E-state index contributed by atoms with van der Waals surface area (Å²) in [5, 5.41) is 6.80. The molecule has 6 heterocycles. The summed E-state index contributed by atoms with van der Waals surface area (Å²) in [6, 6.07) is 8.19. The Morgan fingerprint density at radius 3 is 2.94 bits per heavy atom. The van der Waals surface area contributed by atoms with Gasteiger partial charge in [-0.25, -0.2) is 15.0 Å². The highest BCUT2D eigenvalue weighted by Gasteiger charge is 2.44. The fourth-order valence-corrected chi connectivity index (χ4v) is 5.24. The number of ether oxygens (including phenoxy) is 3. The molecule has 0 radical (unpaired) electrons. The Morgan fingerprint density at radius 1 is 1.17 bits per heavy atom. The molecule has 3 aliphatic heterocycles. The Morgan fingerprint density at radius 2 is 2.11 bits per heavy atom. The van der Waals surface area contributed by atoms with Crippen LogP contribution in [-0.2, 0) is 4.74 Å². The van der Waals surface area contributed by atoms with Gasteiger partial charge >= 0.3 is 0 Å². The van der Waals surface area contributed by atoms with Gasteiger partial charge in [0, 0.05) is 68.2 Å². The second-order valence-corrected chi connectivity index (χ2v) is 9.45. The summed E-state index contributed by atoms with van der Waals surface area (Å²) in [6.45, 7) is 4.11. The van der Waals surface area contributed by atoms with Crippen molar-refractivity contribution in [1.29, 1.82) is 0 Å². The molecule has 2 N–H and O–H groups in total. The molecule has 0 bridgehead atoms. The molecule has 184 valence electrons. The number of imidazole rings is 1. The molecule has 0 unspecified atom stereocenters. The first-order valence-electron chi connectivity index (χ1n) is 12.2. The zero-order chi connectivity index (χ0) is 24.1. The minimum atomic E-state index is 0.0335. The third-order valence-electron chi connectivity index (χ3n) is 7.24. The highest BCUT2D eigenvalue weighted by atomic mass is 16.5. The number of aromatic nitrogens is 4. The number of hydrogen-bond acceptors (Lipinski definition) is 9. The number of pyridine rings is 1. The molecule has 10 heteroatoms. The smallest absolute Gasteiger partial charge is 0.237 e. The predicted octanol–water partition coefficient (Wildman–Crippen LogP) is 3.72. The number of rotatable bonds is 5. The van der Waals surface area contributed by atoms with Crippen LogP contribution >= 0.6 is 0 Å². The van der Waals surface area contributed by atoms with Gasteiger partial charge in [0.05, 0.1) is 36.4 Å². The van der Waals surface area contributed by atoms with E-state index in [9.17, 15) is 0 Å². The monoisotopic (exact) mass is 485 g/mol. The van der Waals surface area contributed by atoms with Crippen molar-refractivity contribution in [2.45, 2.75) is 18.4 Å². The largest absolute Gasteiger partial charge is 0.495 e. The molecule has 4 aromatic rings. The average Bonchev–Trinajstić information content (AvgIpc) is 3.56. The van der Waals surface area contributed by atoms with Crippen LogP contribution in [0, 0.1) is 0 Å². The Hall–Kier alpha value is -4.05. The summed E-state index contributed by atoms with van der Waals surface area (Å²) in [6.07, 6.45) is 9.61. The summed E-state index contributed by atoms with van der Waals surface area (Å²) in [5.41, 5.74) is 5.26. The third kappa shape index (κ3) is 3.56. The van der Waals surface area contributed by atoms with Gasteiger partial charge in [0.1, 0.15) is 12.4 Å². The van der Waals surface area contributed by atoms with E-state index in [4.69, 9.17) is 19.2 Å². The van der Waals surface area contributed by atoms with Crippen LogP contribution in [0.1, 0.15) is 12.8 Å². The van der Waals surface area contributed by atoms with Gasteiger partial charge in [-0.2, -0.15) is 0 Å². The van der Waals surface area contributed by atoms with Crippen LogP contribution < -0.4 is 25.0 Å². The SMILES string of the molecule is COc1cc(Nc2nc(-c3cnc4c(c3)NCCO4)cn3ccnc23)ccc1N1CC[C@@]2(CCO2)C1. The van der Waals surface area contributed by atoms with Crippen LogP contribution in [0.15, 0.2) is 49.1 Å². The van der Waals surface area contributed by atoms with Crippen molar-refractivity contribution in [3.63, 3.8) is 0 Å².